The van der Waals surface area contributed by atoms with Crippen molar-refractivity contribution in [1.29, 1.82) is 0 Å². The second-order valence-electron chi connectivity index (χ2n) is 9.14. The average Bonchev–Trinajstić information content (AvgIpc) is 2.99. The summed E-state index contributed by atoms with van der Waals surface area (Å²) in [6, 6.07) is 8.06. The first-order valence-corrected chi connectivity index (χ1v) is 12.2. The third-order valence-electron chi connectivity index (χ3n) is 6.45. The highest BCUT2D eigenvalue weighted by Gasteiger charge is 2.24. The zero-order valence-electron chi connectivity index (χ0n) is 20.3. The standard InChI is InChI=1S/C25H40N4O3/c1-5-28(6-2)24(30)19-26-12-7-13-29(15-14-26)25(31)23-10-8-22(9-11-23)18-27-16-20(3)32-21(4)17-27/h8-11,20-21H,5-7,12-19H2,1-4H3. The Balaban J connectivity index is 1.52. The van der Waals surface area contributed by atoms with E-state index in [2.05, 4.69) is 35.8 Å². The van der Waals surface area contributed by atoms with E-state index in [0.717, 1.165) is 64.3 Å². The van der Waals surface area contributed by atoms with Crippen LogP contribution in [0.3, 0.4) is 0 Å². The summed E-state index contributed by atoms with van der Waals surface area (Å²) >= 11 is 0. The SMILES string of the molecule is CCN(CC)C(=O)CN1CCCN(C(=O)c2ccc(CN3CC(C)OC(C)C3)cc2)CC1. The Labute approximate surface area is 193 Å². The molecular formula is C25H40N4O3. The number of morpholine rings is 1. The highest BCUT2D eigenvalue weighted by atomic mass is 16.5. The van der Waals surface area contributed by atoms with Gasteiger partial charge in [0.25, 0.3) is 5.91 Å². The summed E-state index contributed by atoms with van der Waals surface area (Å²) in [5.41, 5.74) is 1.96. The number of hydrogen-bond acceptors (Lipinski definition) is 5. The van der Waals surface area contributed by atoms with Crippen molar-refractivity contribution < 1.29 is 14.3 Å². The Bertz CT molecular complexity index is 740. The van der Waals surface area contributed by atoms with Crippen LogP contribution in [0.5, 0.6) is 0 Å². The second kappa shape index (κ2) is 11.8. The smallest absolute Gasteiger partial charge is 0.253 e. The molecule has 2 saturated heterocycles. The lowest BCUT2D eigenvalue weighted by atomic mass is 10.1. The summed E-state index contributed by atoms with van der Waals surface area (Å²) in [6.45, 7) is 15.9. The van der Waals surface area contributed by atoms with Gasteiger partial charge in [0.2, 0.25) is 5.91 Å². The highest BCUT2D eigenvalue weighted by molar-refractivity contribution is 5.94. The van der Waals surface area contributed by atoms with E-state index in [0.29, 0.717) is 13.1 Å². The first-order chi connectivity index (χ1) is 15.4. The van der Waals surface area contributed by atoms with Gasteiger partial charge in [-0.05, 0) is 51.8 Å². The van der Waals surface area contributed by atoms with Crippen molar-refractivity contribution in [2.45, 2.75) is 52.9 Å². The molecule has 32 heavy (non-hydrogen) atoms. The maximum atomic E-state index is 13.1. The summed E-state index contributed by atoms with van der Waals surface area (Å²) < 4.78 is 5.82. The summed E-state index contributed by atoms with van der Waals surface area (Å²) in [4.78, 5) is 33.9. The van der Waals surface area contributed by atoms with Crippen LogP contribution in [0.4, 0.5) is 0 Å². The fourth-order valence-corrected chi connectivity index (χ4v) is 4.81. The normalized spacial score (nSPS) is 23.1. The Hall–Kier alpha value is -1.96. The number of hydrogen-bond donors (Lipinski definition) is 0. The Morgan fingerprint density at radius 1 is 0.938 bits per heavy atom. The van der Waals surface area contributed by atoms with Crippen LogP contribution in [0, 0.1) is 0 Å². The van der Waals surface area contributed by atoms with Crippen molar-refractivity contribution in [1.82, 2.24) is 19.6 Å². The first kappa shape index (κ1) is 24.7. The van der Waals surface area contributed by atoms with E-state index in [4.69, 9.17) is 4.74 Å². The molecule has 7 heteroatoms. The molecule has 0 aliphatic carbocycles. The number of carbonyl (C=O) groups excluding carboxylic acids is 2. The van der Waals surface area contributed by atoms with Crippen molar-refractivity contribution in [3.05, 3.63) is 35.4 Å². The molecule has 0 N–H and O–H groups in total. The van der Waals surface area contributed by atoms with Crippen LogP contribution in [0.2, 0.25) is 0 Å². The third-order valence-corrected chi connectivity index (χ3v) is 6.45. The van der Waals surface area contributed by atoms with Gasteiger partial charge >= 0.3 is 0 Å². The van der Waals surface area contributed by atoms with Gasteiger partial charge in [0.05, 0.1) is 18.8 Å². The number of rotatable bonds is 7. The molecule has 0 aromatic heterocycles. The lowest BCUT2D eigenvalue weighted by Gasteiger charge is -2.35. The number of amides is 2. The van der Waals surface area contributed by atoms with E-state index < -0.39 is 0 Å². The summed E-state index contributed by atoms with van der Waals surface area (Å²) in [5, 5.41) is 0. The molecule has 7 nitrogen and oxygen atoms in total. The van der Waals surface area contributed by atoms with Crippen molar-refractivity contribution in [2.75, 3.05) is 58.9 Å². The van der Waals surface area contributed by atoms with E-state index in [-0.39, 0.29) is 24.0 Å². The summed E-state index contributed by atoms with van der Waals surface area (Å²) in [5.74, 6) is 0.261. The number of ether oxygens (including phenoxy) is 1. The zero-order valence-corrected chi connectivity index (χ0v) is 20.3. The van der Waals surface area contributed by atoms with Gasteiger partial charge in [0.1, 0.15) is 0 Å². The van der Waals surface area contributed by atoms with Crippen molar-refractivity contribution in [3.8, 4) is 0 Å². The largest absolute Gasteiger partial charge is 0.373 e. The Kier molecular flexibility index (Phi) is 9.08. The van der Waals surface area contributed by atoms with E-state index in [1.165, 1.54) is 5.56 Å². The summed E-state index contributed by atoms with van der Waals surface area (Å²) in [6.07, 6.45) is 1.40. The molecule has 2 heterocycles. The zero-order chi connectivity index (χ0) is 23.1. The van der Waals surface area contributed by atoms with Crippen LogP contribution < -0.4 is 0 Å². The molecule has 2 aliphatic rings. The van der Waals surface area contributed by atoms with Gasteiger partial charge in [-0.2, -0.15) is 0 Å². The molecule has 1 aromatic rings. The number of likely N-dealkylation sites (N-methyl/N-ethyl adjacent to an activating group) is 1. The maximum absolute atomic E-state index is 13.1. The highest BCUT2D eigenvalue weighted by Crippen LogP contribution is 2.16. The van der Waals surface area contributed by atoms with Gasteiger partial charge in [-0.25, -0.2) is 0 Å². The third kappa shape index (κ3) is 6.77. The second-order valence-corrected chi connectivity index (χ2v) is 9.14. The molecule has 2 unspecified atom stereocenters. The fraction of sp³-hybridized carbons (Fsp3) is 0.680. The van der Waals surface area contributed by atoms with E-state index in [9.17, 15) is 9.59 Å². The Morgan fingerprint density at radius 3 is 2.22 bits per heavy atom. The van der Waals surface area contributed by atoms with Crippen LogP contribution in [-0.2, 0) is 16.1 Å². The molecule has 0 radical (unpaired) electrons. The van der Waals surface area contributed by atoms with Gasteiger partial charge in [-0.3, -0.25) is 19.4 Å². The molecule has 0 spiro atoms. The Morgan fingerprint density at radius 2 is 1.59 bits per heavy atom. The van der Waals surface area contributed by atoms with Crippen LogP contribution >= 0.6 is 0 Å². The van der Waals surface area contributed by atoms with Gasteiger partial charge in [-0.15, -0.1) is 0 Å². The summed E-state index contributed by atoms with van der Waals surface area (Å²) in [7, 11) is 0. The topological polar surface area (TPSA) is 56.3 Å². The van der Waals surface area contributed by atoms with Gasteiger partial charge in [0.15, 0.2) is 0 Å². The van der Waals surface area contributed by atoms with Crippen LogP contribution in [-0.4, -0.2) is 103 Å². The average molecular weight is 445 g/mol. The molecule has 178 valence electrons. The number of carbonyl (C=O) groups is 2. The maximum Gasteiger partial charge on any atom is 0.253 e. The minimum Gasteiger partial charge on any atom is -0.373 e. The predicted molar refractivity (Wildman–Crippen MR) is 127 cm³/mol. The predicted octanol–water partition coefficient (Wildman–Crippen LogP) is 2.31. The minimum atomic E-state index is 0.0853. The lowest BCUT2D eigenvalue weighted by molar-refractivity contribution is -0.132. The minimum absolute atomic E-state index is 0.0853. The molecule has 0 bridgehead atoms. The van der Waals surface area contributed by atoms with Crippen molar-refractivity contribution >= 4 is 11.8 Å². The van der Waals surface area contributed by atoms with Crippen LogP contribution in [0.1, 0.15) is 50.0 Å². The first-order valence-electron chi connectivity index (χ1n) is 12.2. The number of benzene rings is 1. The molecule has 2 fully saturated rings. The molecule has 2 amide bonds. The van der Waals surface area contributed by atoms with Crippen LogP contribution in [0.15, 0.2) is 24.3 Å². The van der Waals surface area contributed by atoms with E-state index in [1.54, 1.807) is 0 Å². The molecule has 2 aliphatic heterocycles. The molecule has 3 rings (SSSR count). The lowest BCUT2D eigenvalue weighted by Crippen LogP contribution is -2.44. The van der Waals surface area contributed by atoms with E-state index >= 15 is 0 Å². The van der Waals surface area contributed by atoms with E-state index in [1.807, 2.05) is 35.8 Å². The van der Waals surface area contributed by atoms with Gasteiger partial charge < -0.3 is 14.5 Å². The molecular weight excluding hydrogens is 404 g/mol. The van der Waals surface area contributed by atoms with Crippen LogP contribution in [0.25, 0.3) is 0 Å². The van der Waals surface area contributed by atoms with Crippen molar-refractivity contribution in [3.63, 3.8) is 0 Å². The molecule has 2 atom stereocenters. The molecule has 1 aromatic carbocycles. The fourth-order valence-electron chi connectivity index (χ4n) is 4.81. The quantitative estimate of drug-likeness (QED) is 0.646. The monoisotopic (exact) mass is 444 g/mol. The van der Waals surface area contributed by atoms with Gasteiger partial charge in [-0.1, -0.05) is 12.1 Å². The van der Waals surface area contributed by atoms with Crippen molar-refractivity contribution in [2.24, 2.45) is 0 Å². The number of nitrogens with zero attached hydrogens (tertiary/aromatic N) is 4. The molecule has 0 saturated carbocycles. The van der Waals surface area contributed by atoms with Gasteiger partial charge in [0, 0.05) is 64.5 Å².